The van der Waals surface area contributed by atoms with Crippen molar-refractivity contribution in [2.75, 3.05) is 26.3 Å². The van der Waals surface area contributed by atoms with Gasteiger partial charge in [0.1, 0.15) is 5.82 Å². The van der Waals surface area contributed by atoms with Gasteiger partial charge in [-0.15, -0.1) is 0 Å². The Morgan fingerprint density at radius 2 is 2.10 bits per heavy atom. The number of nitrogens with zero attached hydrogens (tertiary/aromatic N) is 4. The number of ether oxygens (including phenoxy) is 2. The summed E-state index contributed by atoms with van der Waals surface area (Å²) in [6.45, 7) is 5.62. The van der Waals surface area contributed by atoms with Gasteiger partial charge in [0.2, 0.25) is 0 Å². The van der Waals surface area contributed by atoms with E-state index in [2.05, 4.69) is 4.90 Å². The topological polar surface area (TPSA) is 61.5 Å². The van der Waals surface area contributed by atoms with Crippen molar-refractivity contribution in [1.29, 1.82) is 0 Å². The van der Waals surface area contributed by atoms with Gasteiger partial charge in [0.25, 0.3) is 0 Å². The average molecular weight is 449 g/mol. The number of likely N-dealkylation sites (tertiary alicyclic amines) is 1. The third kappa shape index (κ3) is 5.22. The molecule has 0 radical (unpaired) electrons. The van der Waals surface area contributed by atoms with Crippen molar-refractivity contribution in [3.8, 4) is 11.4 Å². The third-order valence-electron chi connectivity index (χ3n) is 5.89. The van der Waals surface area contributed by atoms with Crippen molar-refractivity contribution >= 4 is 18.2 Å². The van der Waals surface area contributed by atoms with Crippen LogP contribution in [0.3, 0.4) is 0 Å². The van der Waals surface area contributed by atoms with E-state index in [1.807, 2.05) is 11.5 Å². The Morgan fingerprint density at radius 3 is 2.81 bits per heavy atom. The number of piperidine rings is 1. The number of esters is 1. The average Bonchev–Trinajstić information content (AvgIpc) is 3.39. The molecule has 0 aliphatic carbocycles. The molecule has 2 fully saturated rings. The van der Waals surface area contributed by atoms with Crippen LogP contribution >= 0.6 is 12.2 Å². The summed E-state index contributed by atoms with van der Waals surface area (Å²) in [4.78, 5) is 14.4. The van der Waals surface area contributed by atoms with E-state index in [0.717, 1.165) is 44.4 Å². The van der Waals surface area contributed by atoms with Crippen LogP contribution in [0.25, 0.3) is 11.4 Å². The summed E-state index contributed by atoms with van der Waals surface area (Å²) in [6.07, 6.45) is 3.91. The minimum Gasteiger partial charge on any atom is -0.466 e. The fourth-order valence-corrected chi connectivity index (χ4v) is 4.59. The van der Waals surface area contributed by atoms with Crippen LogP contribution in [-0.2, 0) is 27.5 Å². The Kier molecular flexibility index (Phi) is 7.14. The molecule has 1 aromatic heterocycles. The number of carbonyl (C=O) groups excluding carboxylic acids is 1. The Bertz CT molecular complexity index is 953. The zero-order valence-corrected chi connectivity index (χ0v) is 18.7. The number of hydrogen-bond donors (Lipinski definition) is 0. The maximum atomic E-state index is 13.5. The van der Waals surface area contributed by atoms with E-state index in [9.17, 15) is 9.18 Å². The molecule has 4 rings (SSSR count). The van der Waals surface area contributed by atoms with Crippen LogP contribution in [0.4, 0.5) is 4.39 Å². The fraction of sp³-hybridized carbons (Fsp3) is 0.591. The Balaban J connectivity index is 1.58. The van der Waals surface area contributed by atoms with Gasteiger partial charge >= 0.3 is 5.97 Å². The van der Waals surface area contributed by atoms with Crippen LogP contribution in [0.5, 0.6) is 0 Å². The maximum absolute atomic E-state index is 13.5. The van der Waals surface area contributed by atoms with Crippen LogP contribution in [0.2, 0.25) is 0 Å². The summed E-state index contributed by atoms with van der Waals surface area (Å²) >= 11 is 5.78. The molecule has 2 saturated heterocycles. The molecule has 168 valence electrons. The molecule has 9 heteroatoms. The molecule has 31 heavy (non-hydrogen) atoms. The highest BCUT2D eigenvalue weighted by Gasteiger charge is 2.28. The van der Waals surface area contributed by atoms with Crippen LogP contribution in [0.1, 0.15) is 32.6 Å². The lowest BCUT2D eigenvalue weighted by Crippen LogP contribution is -2.40. The molecule has 1 aromatic carbocycles. The number of benzene rings is 1. The van der Waals surface area contributed by atoms with Crippen molar-refractivity contribution in [3.05, 3.63) is 34.9 Å². The lowest BCUT2D eigenvalue weighted by atomic mass is 9.99. The number of carbonyl (C=O) groups is 1. The van der Waals surface area contributed by atoms with Crippen LogP contribution in [-0.4, -0.2) is 57.6 Å². The molecule has 3 heterocycles. The normalized spacial score (nSPS) is 22.0. The van der Waals surface area contributed by atoms with Crippen LogP contribution in [0, 0.1) is 16.5 Å². The van der Waals surface area contributed by atoms with Crippen molar-refractivity contribution in [1.82, 2.24) is 19.2 Å². The van der Waals surface area contributed by atoms with Gasteiger partial charge in [0.05, 0.1) is 31.8 Å². The smallest absolute Gasteiger partial charge is 0.310 e. The van der Waals surface area contributed by atoms with E-state index in [4.69, 9.17) is 26.8 Å². The molecule has 2 atom stereocenters. The molecule has 7 nitrogen and oxygen atoms in total. The third-order valence-corrected chi connectivity index (χ3v) is 6.33. The monoisotopic (exact) mass is 448 g/mol. The molecule has 0 N–H and O–H groups in total. The molecule has 0 saturated carbocycles. The van der Waals surface area contributed by atoms with Crippen molar-refractivity contribution in [2.24, 2.45) is 5.92 Å². The highest BCUT2D eigenvalue weighted by Crippen LogP contribution is 2.24. The van der Waals surface area contributed by atoms with Gasteiger partial charge in [-0.25, -0.2) is 9.07 Å². The first-order valence-electron chi connectivity index (χ1n) is 11.0. The van der Waals surface area contributed by atoms with E-state index >= 15 is 0 Å². The van der Waals surface area contributed by atoms with Gasteiger partial charge in [0.15, 0.2) is 10.6 Å². The summed E-state index contributed by atoms with van der Waals surface area (Å²) in [7, 11) is 0. The summed E-state index contributed by atoms with van der Waals surface area (Å²) in [5, 5.41) is 4.79. The van der Waals surface area contributed by atoms with Gasteiger partial charge in [-0.1, -0.05) is 0 Å². The number of halogens is 1. The SMILES string of the molecule is CCOC(=O)C1CCCN(Cn2nc(-c3ccc(F)cc3)n(CC3CCCO3)c2=S)C1. The summed E-state index contributed by atoms with van der Waals surface area (Å²) < 4.78 is 28.9. The van der Waals surface area contributed by atoms with Gasteiger partial charge in [-0.2, -0.15) is 5.10 Å². The second-order valence-electron chi connectivity index (χ2n) is 8.17. The quantitative estimate of drug-likeness (QED) is 0.476. The fourth-order valence-electron chi connectivity index (χ4n) is 4.33. The predicted molar refractivity (Wildman–Crippen MR) is 116 cm³/mol. The zero-order chi connectivity index (χ0) is 21.8. The van der Waals surface area contributed by atoms with E-state index in [1.165, 1.54) is 12.1 Å². The molecule has 0 bridgehead atoms. The first-order chi connectivity index (χ1) is 15.0. The summed E-state index contributed by atoms with van der Waals surface area (Å²) in [5.41, 5.74) is 0.812. The van der Waals surface area contributed by atoms with E-state index in [0.29, 0.717) is 37.0 Å². The Hall–Kier alpha value is -2.10. The summed E-state index contributed by atoms with van der Waals surface area (Å²) in [6, 6.07) is 6.31. The maximum Gasteiger partial charge on any atom is 0.310 e. The van der Waals surface area contributed by atoms with Crippen molar-refractivity contribution < 1.29 is 18.7 Å². The molecule has 2 aliphatic heterocycles. The highest BCUT2D eigenvalue weighted by atomic mass is 32.1. The second-order valence-corrected chi connectivity index (χ2v) is 8.53. The zero-order valence-electron chi connectivity index (χ0n) is 17.8. The molecular weight excluding hydrogens is 419 g/mol. The van der Waals surface area contributed by atoms with Crippen LogP contribution in [0.15, 0.2) is 24.3 Å². The summed E-state index contributed by atoms with van der Waals surface area (Å²) in [5.74, 6) is 0.172. The lowest BCUT2D eigenvalue weighted by molar-refractivity contribution is -0.150. The van der Waals surface area contributed by atoms with E-state index < -0.39 is 0 Å². The molecule has 2 aromatic rings. The predicted octanol–water partition coefficient (Wildman–Crippen LogP) is 3.63. The van der Waals surface area contributed by atoms with Gasteiger partial charge in [-0.3, -0.25) is 14.3 Å². The minimum absolute atomic E-state index is 0.103. The van der Waals surface area contributed by atoms with Crippen LogP contribution < -0.4 is 0 Å². The minimum atomic E-state index is -0.286. The van der Waals surface area contributed by atoms with Gasteiger partial charge in [0, 0.05) is 18.7 Å². The number of aromatic nitrogens is 3. The lowest BCUT2D eigenvalue weighted by Gasteiger charge is -2.31. The Morgan fingerprint density at radius 1 is 1.29 bits per heavy atom. The first kappa shape index (κ1) is 22.1. The standard InChI is InChI=1S/C22H29FN4O3S/c1-2-29-21(28)17-5-3-11-25(13-17)15-27-22(31)26(14-19-6-4-12-30-19)20(24-27)16-7-9-18(23)10-8-16/h7-10,17,19H,2-6,11-15H2,1H3. The Labute approximate surface area is 186 Å². The number of rotatable bonds is 7. The molecule has 0 spiro atoms. The molecule has 0 amide bonds. The second kappa shape index (κ2) is 10.0. The molecule has 2 unspecified atom stereocenters. The van der Waals surface area contributed by atoms with Crippen molar-refractivity contribution in [2.45, 2.75) is 51.9 Å². The van der Waals surface area contributed by atoms with Crippen molar-refractivity contribution in [3.63, 3.8) is 0 Å². The largest absolute Gasteiger partial charge is 0.466 e. The van der Waals surface area contributed by atoms with E-state index in [-0.39, 0.29) is 23.8 Å². The van der Waals surface area contributed by atoms with Gasteiger partial charge < -0.3 is 9.47 Å². The molecule has 2 aliphatic rings. The van der Waals surface area contributed by atoms with Gasteiger partial charge in [-0.05, 0) is 75.6 Å². The highest BCUT2D eigenvalue weighted by molar-refractivity contribution is 7.71. The number of hydrogen-bond acceptors (Lipinski definition) is 6. The first-order valence-corrected chi connectivity index (χ1v) is 11.4. The van der Waals surface area contributed by atoms with E-state index in [1.54, 1.807) is 16.8 Å². The molecular formula is C22H29FN4O3S.